The highest BCUT2D eigenvalue weighted by molar-refractivity contribution is 7.07. The van der Waals surface area contributed by atoms with Crippen LogP contribution in [0.25, 0.3) is 0 Å². The molecule has 2 aromatic rings. The van der Waals surface area contributed by atoms with Crippen molar-refractivity contribution < 1.29 is 4.92 Å². The van der Waals surface area contributed by atoms with E-state index in [2.05, 4.69) is 20.7 Å². The van der Waals surface area contributed by atoms with Crippen LogP contribution in [0.5, 0.6) is 0 Å². The van der Waals surface area contributed by atoms with Crippen molar-refractivity contribution in [2.24, 2.45) is 5.84 Å². The zero-order valence-electron chi connectivity index (χ0n) is 9.16. The maximum atomic E-state index is 11.0. The second-order valence-electron chi connectivity index (χ2n) is 3.31. The van der Waals surface area contributed by atoms with E-state index in [9.17, 15) is 10.1 Å². The smallest absolute Gasteiger partial charge is 0.354 e. The standard InChI is InChI=1S/C9H10N6O2S/c10-14-9-7(15(16)17)8(12-5-13-9)11-3-6-1-2-18-4-6/h1-2,4-5H,3,10H2,(H2,11,12,13,14). The van der Waals surface area contributed by atoms with E-state index in [0.29, 0.717) is 6.54 Å². The molecular formula is C9H10N6O2S. The molecule has 0 aliphatic heterocycles. The predicted octanol–water partition coefficient (Wildman–Crippen LogP) is 1.34. The maximum absolute atomic E-state index is 11.0. The summed E-state index contributed by atoms with van der Waals surface area (Å²) in [4.78, 5) is 17.9. The van der Waals surface area contributed by atoms with Crippen LogP contribution in [0, 0.1) is 10.1 Å². The number of rotatable bonds is 5. The predicted molar refractivity (Wildman–Crippen MR) is 68.1 cm³/mol. The number of hydrogen-bond donors (Lipinski definition) is 3. The van der Waals surface area contributed by atoms with E-state index in [-0.39, 0.29) is 17.3 Å². The lowest BCUT2D eigenvalue weighted by Crippen LogP contribution is -2.13. The van der Waals surface area contributed by atoms with Gasteiger partial charge in [0, 0.05) is 6.54 Å². The SMILES string of the molecule is NNc1ncnc(NCc2ccsc2)c1[N+](=O)[O-]. The third-order valence-electron chi connectivity index (χ3n) is 2.18. The number of nitro groups is 1. The molecule has 0 fully saturated rings. The molecule has 0 saturated heterocycles. The van der Waals surface area contributed by atoms with Crippen molar-refractivity contribution in [2.45, 2.75) is 6.54 Å². The Bertz CT molecular complexity index is 544. The molecule has 2 heterocycles. The average Bonchev–Trinajstić information content (AvgIpc) is 2.88. The first kappa shape index (κ1) is 12.2. The largest absolute Gasteiger partial charge is 0.360 e. The van der Waals surface area contributed by atoms with Gasteiger partial charge < -0.3 is 10.7 Å². The lowest BCUT2D eigenvalue weighted by atomic mass is 10.3. The van der Waals surface area contributed by atoms with Crippen molar-refractivity contribution in [3.63, 3.8) is 0 Å². The summed E-state index contributed by atoms with van der Waals surface area (Å²) in [6, 6.07) is 1.92. The first-order valence-corrected chi connectivity index (χ1v) is 5.87. The number of nitrogens with two attached hydrogens (primary N) is 1. The van der Waals surface area contributed by atoms with E-state index in [1.807, 2.05) is 16.8 Å². The van der Waals surface area contributed by atoms with E-state index in [1.165, 1.54) is 6.33 Å². The van der Waals surface area contributed by atoms with E-state index in [1.54, 1.807) is 11.3 Å². The molecule has 0 radical (unpaired) electrons. The van der Waals surface area contributed by atoms with Crippen LogP contribution >= 0.6 is 11.3 Å². The molecule has 2 rings (SSSR count). The first-order valence-electron chi connectivity index (χ1n) is 4.93. The number of aromatic nitrogens is 2. The van der Waals surface area contributed by atoms with Gasteiger partial charge in [-0.1, -0.05) is 0 Å². The van der Waals surface area contributed by atoms with Gasteiger partial charge in [-0.3, -0.25) is 10.1 Å². The minimum Gasteiger partial charge on any atom is -0.360 e. The molecule has 0 spiro atoms. The Morgan fingerprint density at radius 2 is 2.22 bits per heavy atom. The number of anilines is 2. The molecule has 0 aliphatic carbocycles. The second-order valence-corrected chi connectivity index (χ2v) is 4.09. The van der Waals surface area contributed by atoms with Gasteiger partial charge in [-0.15, -0.1) is 0 Å². The third-order valence-corrected chi connectivity index (χ3v) is 2.91. The van der Waals surface area contributed by atoms with Gasteiger partial charge in [0.15, 0.2) is 0 Å². The number of nitrogen functional groups attached to an aromatic ring is 1. The third kappa shape index (κ3) is 2.52. The Morgan fingerprint density at radius 1 is 1.44 bits per heavy atom. The fraction of sp³-hybridized carbons (Fsp3) is 0.111. The van der Waals surface area contributed by atoms with Gasteiger partial charge >= 0.3 is 5.69 Å². The summed E-state index contributed by atoms with van der Waals surface area (Å²) in [7, 11) is 0. The molecule has 9 heteroatoms. The molecule has 2 aromatic heterocycles. The quantitative estimate of drug-likeness (QED) is 0.424. The van der Waals surface area contributed by atoms with Gasteiger partial charge in [0.25, 0.3) is 0 Å². The van der Waals surface area contributed by atoms with Gasteiger partial charge in [0.1, 0.15) is 6.33 Å². The van der Waals surface area contributed by atoms with Gasteiger partial charge in [-0.2, -0.15) is 11.3 Å². The maximum Gasteiger partial charge on any atom is 0.354 e. The molecule has 0 aromatic carbocycles. The van der Waals surface area contributed by atoms with Gasteiger partial charge in [-0.05, 0) is 22.4 Å². The van der Waals surface area contributed by atoms with Crippen molar-refractivity contribution in [2.75, 3.05) is 10.7 Å². The van der Waals surface area contributed by atoms with E-state index < -0.39 is 4.92 Å². The van der Waals surface area contributed by atoms with Crippen LogP contribution in [0.1, 0.15) is 5.56 Å². The summed E-state index contributed by atoms with van der Waals surface area (Å²) in [6.45, 7) is 0.450. The molecule has 0 unspecified atom stereocenters. The molecule has 8 nitrogen and oxygen atoms in total. The lowest BCUT2D eigenvalue weighted by molar-refractivity contribution is -0.383. The Labute approximate surface area is 106 Å². The van der Waals surface area contributed by atoms with Crippen molar-refractivity contribution >= 4 is 28.7 Å². The number of hydrogen-bond acceptors (Lipinski definition) is 8. The Balaban J connectivity index is 2.24. The zero-order chi connectivity index (χ0) is 13.0. The van der Waals surface area contributed by atoms with Crippen LogP contribution in [-0.4, -0.2) is 14.9 Å². The van der Waals surface area contributed by atoms with Gasteiger partial charge in [0.05, 0.1) is 4.92 Å². The fourth-order valence-corrected chi connectivity index (χ4v) is 2.03. The zero-order valence-corrected chi connectivity index (χ0v) is 9.98. The van der Waals surface area contributed by atoms with Crippen LogP contribution in [0.4, 0.5) is 17.3 Å². The minimum absolute atomic E-state index is 0.0252. The summed E-state index contributed by atoms with van der Waals surface area (Å²) in [5.41, 5.74) is 2.93. The summed E-state index contributed by atoms with van der Waals surface area (Å²) in [5.74, 6) is 5.29. The molecule has 0 amide bonds. The molecule has 0 aliphatic rings. The van der Waals surface area contributed by atoms with Crippen LogP contribution in [-0.2, 0) is 6.54 Å². The molecular weight excluding hydrogens is 256 g/mol. The summed E-state index contributed by atoms with van der Waals surface area (Å²) in [5, 5.41) is 17.7. The van der Waals surface area contributed by atoms with Crippen molar-refractivity contribution in [1.82, 2.24) is 9.97 Å². The number of nitrogens with zero attached hydrogens (tertiary/aromatic N) is 3. The number of nitrogens with one attached hydrogen (secondary N) is 2. The summed E-state index contributed by atoms with van der Waals surface area (Å²) < 4.78 is 0. The Morgan fingerprint density at radius 3 is 2.83 bits per heavy atom. The molecule has 0 saturated carbocycles. The lowest BCUT2D eigenvalue weighted by Gasteiger charge is -2.07. The normalized spacial score (nSPS) is 10.1. The highest BCUT2D eigenvalue weighted by atomic mass is 32.1. The van der Waals surface area contributed by atoms with Gasteiger partial charge in [0.2, 0.25) is 11.6 Å². The van der Waals surface area contributed by atoms with Crippen LogP contribution in [0.3, 0.4) is 0 Å². The number of thiophene rings is 1. The van der Waals surface area contributed by atoms with Gasteiger partial charge in [-0.25, -0.2) is 15.8 Å². The van der Waals surface area contributed by atoms with Crippen LogP contribution in [0.2, 0.25) is 0 Å². The summed E-state index contributed by atoms with van der Waals surface area (Å²) in [6.07, 6.45) is 1.21. The highest BCUT2D eigenvalue weighted by Gasteiger charge is 2.21. The van der Waals surface area contributed by atoms with Crippen LogP contribution < -0.4 is 16.6 Å². The van der Waals surface area contributed by atoms with Crippen molar-refractivity contribution in [3.8, 4) is 0 Å². The van der Waals surface area contributed by atoms with Crippen molar-refractivity contribution in [3.05, 3.63) is 38.8 Å². The van der Waals surface area contributed by atoms with E-state index in [0.717, 1.165) is 5.56 Å². The van der Waals surface area contributed by atoms with Crippen LogP contribution in [0.15, 0.2) is 23.2 Å². The van der Waals surface area contributed by atoms with E-state index in [4.69, 9.17) is 5.84 Å². The first-order chi connectivity index (χ1) is 8.72. The monoisotopic (exact) mass is 266 g/mol. The topological polar surface area (TPSA) is 119 Å². The summed E-state index contributed by atoms with van der Waals surface area (Å²) >= 11 is 1.55. The molecule has 0 atom stereocenters. The molecule has 0 bridgehead atoms. The highest BCUT2D eigenvalue weighted by Crippen LogP contribution is 2.28. The van der Waals surface area contributed by atoms with E-state index >= 15 is 0 Å². The van der Waals surface area contributed by atoms with Crippen molar-refractivity contribution in [1.29, 1.82) is 0 Å². The Hall–Kier alpha value is -2.26. The number of hydrazine groups is 1. The average molecular weight is 266 g/mol. The molecule has 94 valence electrons. The fourth-order valence-electron chi connectivity index (χ4n) is 1.37. The minimum atomic E-state index is -0.578. The molecule has 18 heavy (non-hydrogen) atoms. The Kier molecular flexibility index (Phi) is 3.65. The second kappa shape index (κ2) is 5.38. The molecule has 4 N–H and O–H groups in total.